The molecule has 0 radical (unpaired) electrons. The summed E-state index contributed by atoms with van der Waals surface area (Å²) in [7, 11) is 3.87. The molecule has 0 bridgehead atoms. The van der Waals surface area contributed by atoms with Crippen molar-refractivity contribution in [3.8, 4) is 0 Å². The number of rotatable bonds is 7. The summed E-state index contributed by atoms with van der Waals surface area (Å²) in [4.78, 5) is 14.0. The van der Waals surface area contributed by atoms with Crippen LogP contribution in [0.15, 0.2) is 25.6 Å². The van der Waals surface area contributed by atoms with Crippen LogP contribution in [0.3, 0.4) is 0 Å². The Morgan fingerprint density at radius 3 is 2.40 bits per heavy atom. The standard InChI is InChI=1S/C13H18Br3N3O/c1-17-4-3-5-19(2)8-12(20)18-13-10(15)6-9(14)7-11(13)16/h6-7,17H,3-5,8H2,1-2H3,(H,18,20). The Kier molecular flexibility index (Phi) is 8.28. The van der Waals surface area contributed by atoms with Gasteiger partial charge in [0.2, 0.25) is 5.91 Å². The average Bonchev–Trinajstić information content (AvgIpc) is 2.34. The van der Waals surface area contributed by atoms with Gasteiger partial charge in [-0.1, -0.05) is 15.9 Å². The van der Waals surface area contributed by atoms with E-state index in [4.69, 9.17) is 0 Å². The second-order valence-corrected chi connectivity index (χ2v) is 7.11. The number of carbonyl (C=O) groups excluding carboxylic acids is 1. The molecule has 0 spiro atoms. The van der Waals surface area contributed by atoms with E-state index in [-0.39, 0.29) is 5.91 Å². The molecule has 0 saturated heterocycles. The molecule has 20 heavy (non-hydrogen) atoms. The van der Waals surface area contributed by atoms with Crippen molar-refractivity contribution < 1.29 is 4.79 Å². The predicted molar refractivity (Wildman–Crippen MR) is 94.2 cm³/mol. The van der Waals surface area contributed by atoms with Gasteiger partial charge in [-0.3, -0.25) is 9.69 Å². The molecule has 1 aromatic carbocycles. The molecule has 0 aliphatic carbocycles. The molecule has 1 rings (SSSR count). The molecule has 0 aliphatic heterocycles. The van der Waals surface area contributed by atoms with E-state index in [0.29, 0.717) is 6.54 Å². The summed E-state index contributed by atoms with van der Waals surface area (Å²) in [6.07, 6.45) is 1.02. The fraction of sp³-hybridized carbons (Fsp3) is 0.462. The van der Waals surface area contributed by atoms with Gasteiger partial charge in [0.15, 0.2) is 0 Å². The average molecular weight is 472 g/mol. The highest BCUT2D eigenvalue weighted by molar-refractivity contribution is 9.11. The van der Waals surface area contributed by atoms with Gasteiger partial charge in [0.25, 0.3) is 0 Å². The molecule has 1 amide bonds. The topological polar surface area (TPSA) is 44.4 Å². The first-order valence-electron chi connectivity index (χ1n) is 6.21. The summed E-state index contributed by atoms with van der Waals surface area (Å²) in [6.45, 7) is 2.21. The molecule has 112 valence electrons. The van der Waals surface area contributed by atoms with E-state index in [1.54, 1.807) is 0 Å². The lowest BCUT2D eigenvalue weighted by molar-refractivity contribution is -0.117. The van der Waals surface area contributed by atoms with Gasteiger partial charge in [-0.05, 0) is 77.6 Å². The van der Waals surface area contributed by atoms with Crippen LogP contribution in [0.5, 0.6) is 0 Å². The highest BCUT2D eigenvalue weighted by Gasteiger charge is 2.12. The minimum absolute atomic E-state index is 0.0271. The quantitative estimate of drug-likeness (QED) is 0.599. The first-order chi connectivity index (χ1) is 9.43. The molecule has 0 atom stereocenters. The van der Waals surface area contributed by atoms with E-state index >= 15 is 0 Å². The van der Waals surface area contributed by atoms with Crippen LogP contribution in [-0.2, 0) is 4.79 Å². The molecule has 0 saturated carbocycles. The number of likely N-dealkylation sites (N-methyl/N-ethyl adjacent to an activating group) is 1. The molecule has 1 aromatic rings. The van der Waals surface area contributed by atoms with E-state index in [0.717, 1.165) is 38.6 Å². The monoisotopic (exact) mass is 469 g/mol. The summed E-state index contributed by atoms with van der Waals surface area (Å²) in [5.74, 6) is -0.0271. The second-order valence-electron chi connectivity index (χ2n) is 4.49. The summed E-state index contributed by atoms with van der Waals surface area (Å²) in [5, 5.41) is 6.01. The van der Waals surface area contributed by atoms with Gasteiger partial charge in [-0.15, -0.1) is 0 Å². The Balaban J connectivity index is 2.54. The number of benzene rings is 1. The molecular formula is C13H18Br3N3O. The minimum atomic E-state index is -0.0271. The van der Waals surface area contributed by atoms with Gasteiger partial charge in [-0.2, -0.15) is 0 Å². The number of halogens is 3. The Morgan fingerprint density at radius 2 is 1.85 bits per heavy atom. The lowest BCUT2D eigenvalue weighted by Crippen LogP contribution is -2.32. The van der Waals surface area contributed by atoms with Gasteiger partial charge < -0.3 is 10.6 Å². The molecule has 0 unspecified atom stereocenters. The maximum atomic E-state index is 12.0. The lowest BCUT2D eigenvalue weighted by atomic mass is 10.3. The largest absolute Gasteiger partial charge is 0.323 e. The van der Waals surface area contributed by atoms with Gasteiger partial charge in [-0.25, -0.2) is 0 Å². The van der Waals surface area contributed by atoms with Gasteiger partial charge in [0, 0.05) is 13.4 Å². The molecule has 7 heteroatoms. The molecule has 0 fully saturated rings. The second kappa shape index (κ2) is 9.15. The number of hydrogen-bond acceptors (Lipinski definition) is 3. The predicted octanol–water partition coefficient (Wildman–Crippen LogP) is 3.45. The molecule has 2 N–H and O–H groups in total. The minimum Gasteiger partial charge on any atom is -0.323 e. The normalized spacial score (nSPS) is 10.9. The fourth-order valence-electron chi connectivity index (χ4n) is 1.69. The SMILES string of the molecule is CNCCCN(C)CC(=O)Nc1c(Br)cc(Br)cc1Br. The molecule has 0 aliphatic rings. The van der Waals surface area contributed by atoms with Crippen LogP contribution in [0.25, 0.3) is 0 Å². The third-order valence-corrected chi connectivity index (χ3v) is 4.36. The summed E-state index contributed by atoms with van der Waals surface area (Å²) in [6, 6.07) is 3.80. The number of hydrogen-bond donors (Lipinski definition) is 2. The zero-order chi connectivity index (χ0) is 15.1. The first kappa shape index (κ1) is 18.1. The van der Waals surface area contributed by atoms with Crippen molar-refractivity contribution in [2.75, 3.05) is 39.0 Å². The smallest absolute Gasteiger partial charge is 0.238 e. The van der Waals surface area contributed by atoms with Crippen LogP contribution in [0.1, 0.15) is 6.42 Å². The fourth-order valence-corrected chi connectivity index (χ4v) is 4.15. The van der Waals surface area contributed by atoms with Gasteiger partial charge in [0.05, 0.1) is 12.2 Å². The molecule has 0 aromatic heterocycles. The van der Waals surface area contributed by atoms with Crippen molar-refractivity contribution in [1.29, 1.82) is 0 Å². The Hall–Kier alpha value is 0.0500. The number of nitrogens with one attached hydrogen (secondary N) is 2. The van der Waals surface area contributed by atoms with Gasteiger partial charge >= 0.3 is 0 Å². The van der Waals surface area contributed by atoms with Crippen LogP contribution < -0.4 is 10.6 Å². The van der Waals surface area contributed by atoms with E-state index in [1.807, 2.05) is 31.1 Å². The Morgan fingerprint density at radius 1 is 1.25 bits per heavy atom. The summed E-state index contributed by atoms with van der Waals surface area (Å²) >= 11 is 10.3. The highest BCUT2D eigenvalue weighted by atomic mass is 79.9. The van der Waals surface area contributed by atoms with Crippen molar-refractivity contribution in [1.82, 2.24) is 10.2 Å². The van der Waals surface area contributed by atoms with Crippen molar-refractivity contribution in [3.63, 3.8) is 0 Å². The number of anilines is 1. The van der Waals surface area contributed by atoms with Crippen molar-refractivity contribution in [2.45, 2.75) is 6.42 Å². The van der Waals surface area contributed by atoms with Crippen LogP contribution in [-0.4, -0.2) is 44.5 Å². The molecule has 4 nitrogen and oxygen atoms in total. The maximum absolute atomic E-state index is 12.0. The maximum Gasteiger partial charge on any atom is 0.238 e. The van der Waals surface area contributed by atoms with Crippen LogP contribution in [0.2, 0.25) is 0 Å². The van der Waals surface area contributed by atoms with E-state index in [2.05, 4.69) is 58.4 Å². The molecule has 0 heterocycles. The van der Waals surface area contributed by atoms with E-state index in [9.17, 15) is 4.79 Å². The number of amides is 1. The zero-order valence-corrected chi connectivity index (χ0v) is 16.2. The van der Waals surface area contributed by atoms with Crippen LogP contribution in [0.4, 0.5) is 5.69 Å². The first-order valence-corrected chi connectivity index (χ1v) is 8.59. The number of nitrogens with zero attached hydrogens (tertiary/aromatic N) is 1. The van der Waals surface area contributed by atoms with Crippen molar-refractivity contribution in [3.05, 3.63) is 25.6 Å². The van der Waals surface area contributed by atoms with Gasteiger partial charge in [0.1, 0.15) is 0 Å². The third kappa shape index (κ3) is 6.22. The van der Waals surface area contributed by atoms with E-state index in [1.165, 1.54) is 0 Å². The summed E-state index contributed by atoms with van der Waals surface area (Å²) in [5.41, 5.74) is 0.752. The van der Waals surface area contributed by atoms with Crippen LogP contribution in [0, 0.1) is 0 Å². The summed E-state index contributed by atoms with van der Waals surface area (Å²) < 4.78 is 2.62. The van der Waals surface area contributed by atoms with Crippen molar-refractivity contribution >= 4 is 59.4 Å². The van der Waals surface area contributed by atoms with Crippen LogP contribution >= 0.6 is 47.8 Å². The van der Waals surface area contributed by atoms with E-state index < -0.39 is 0 Å². The molecular weight excluding hydrogens is 454 g/mol. The number of carbonyl (C=O) groups is 1. The lowest BCUT2D eigenvalue weighted by Gasteiger charge is -2.17. The Labute approximate surface area is 145 Å². The third-order valence-electron chi connectivity index (χ3n) is 2.65. The zero-order valence-electron chi connectivity index (χ0n) is 11.5. The Bertz CT molecular complexity index is 445. The van der Waals surface area contributed by atoms with Crippen molar-refractivity contribution in [2.24, 2.45) is 0 Å². The highest BCUT2D eigenvalue weighted by Crippen LogP contribution is 2.34.